The highest BCUT2D eigenvalue weighted by Gasteiger charge is 2.20. The molecule has 0 aliphatic heterocycles. The van der Waals surface area contributed by atoms with Crippen LogP contribution in [-0.4, -0.2) is 15.5 Å². The molecule has 0 aliphatic rings. The van der Waals surface area contributed by atoms with E-state index in [9.17, 15) is 12.8 Å². The van der Waals surface area contributed by atoms with Gasteiger partial charge < -0.3 is 10.5 Å². The van der Waals surface area contributed by atoms with Gasteiger partial charge in [0.1, 0.15) is 16.5 Å². The number of sulfonamides is 1. The number of halogens is 1. The van der Waals surface area contributed by atoms with Crippen LogP contribution in [0.1, 0.15) is 5.56 Å². The van der Waals surface area contributed by atoms with Gasteiger partial charge in [-0.15, -0.1) is 0 Å². The molecule has 2 aromatic carbocycles. The monoisotopic (exact) mass is 310 g/mol. The number of nitrogens with one attached hydrogen (secondary N) is 1. The fourth-order valence-electron chi connectivity index (χ4n) is 1.81. The first-order chi connectivity index (χ1) is 9.83. The smallest absolute Gasteiger partial charge is 0.264 e. The number of rotatable bonds is 4. The Bertz CT molecular complexity index is 776. The van der Waals surface area contributed by atoms with Crippen LogP contribution in [0.3, 0.4) is 0 Å². The predicted octanol–water partition coefficient (Wildman–Crippen LogP) is 2.53. The van der Waals surface area contributed by atoms with Gasteiger partial charge >= 0.3 is 0 Å². The molecular formula is C14H15FN2O3S. The van der Waals surface area contributed by atoms with Crippen LogP contribution in [0.4, 0.5) is 15.8 Å². The normalized spacial score (nSPS) is 11.2. The molecule has 0 heterocycles. The lowest BCUT2D eigenvalue weighted by Gasteiger charge is -2.12. The standard InChI is InChI=1S/C14H15FN2O3S/c1-9-7-11(20-2)4-5-13(9)17-21(18,19)14-6-3-10(16)8-12(14)15/h3-8,17H,16H2,1-2H3. The van der Waals surface area contributed by atoms with Gasteiger partial charge in [-0.05, 0) is 48.9 Å². The van der Waals surface area contributed by atoms with Crippen LogP contribution in [-0.2, 0) is 10.0 Å². The number of hydrogen-bond donors (Lipinski definition) is 2. The molecule has 2 rings (SSSR count). The molecule has 0 unspecified atom stereocenters. The van der Waals surface area contributed by atoms with Crippen molar-refractivity contribution in [1.29, 1.82) is 0 Å². The molecule has 0 amide bonds. The molecular weight excluding hydrogens is 295 g/mol. The van der Waals surface area contributed by atoms with Crippen molar-refractivity contribution < 1.29 is 17.5 Å². The number of anilines is 2. The molecule has 0 aromatic heterocycles. The summed E-state index contributed by atoms with van der Waals surface area (Å²) < 4.78 is 45.6. The summed E-state index contributed by atoms with van der Waals surface area (Å²) in [5, 5.41) is 0. The van der Waals surface area contributed by atoms with Crippen molar-refractivity contribution in [3.8, 4) is 5.75 Å². The Morgan fingerprint density at radius 3 is 2.48 bits per heavy atom. The number of hydrogen-bond acceptors (Lipinski definition) is 4. The molecule has 0 bridgehead atoms. The van der Waals surface area contributed by atoms with Crippen molar-refractivity contribution in [3.05, 3.63) is 47.8 Å². The predicted molar refractivity (Wildman–Crippen MR) is 79.4 cm³/mol. The molecule has 0 saturated heterocycles. The molecule has 0 atom stereocenters. The van der Waals surface area contributed by atoms with Crippen molar-refractivity contribution in [1.82, 2.24) is 0 Å². The van der Waals surface area contributed by atoms with E-state index in [1.54, 1.807) is 25.1 Å². The molecule has 5 nitrogen and oxygen atoms in total. The minimum atomic E-state index is -4.02. The number of ether oxygens (including phenoxy) is 1. The maximum absolute atomic E-state index is 13.7. The summed E-state index contributed by atoms with van der Waals surface area (Å²) >= 11 is 0. The highest BCUT2D eigenvalue weighted by Crippen LogP contribution is 2.25. The van der Waals surface area contributed by atoms with Gasteiger partial charge in [-0.25, -0.2) is 12.8 Å². The summed E-state index contributed by atoms with van der Waals surface area (Å²) in [6, 6.07) is 8.28. The van der Waals surface area contributed by atoms with Gasteiger partial charge in [0.2, 0.25) is 0 Å². The van der Waals surface area contributed by atoms with Crippen LogP contribution < -0.4 is 15.2 Å². The second-order valence-electron chi connectivity index (χ2n) is 4.48. The Kier molecular flexibility index (Phi) is 4.04. The van der Waals surface area contributed by atoms with E-state index in [0.717, 1.165) is 12.1 Å². The first kappa shape index (κ1) is 15.1. The van der Waals surface area contributed by atoms with Crippen molar-refractivity contribution >= 4 is 21.4 Å². The van der Waals surface area contributed by atoms with Crippen molar-refractivity contribution in [3.63, 3.8) is 0 Å². The molecule has 0 radical (unpaired) electrons. The zero-order valence-electron chi connectivity index (χ0n) is 11.6. The van der Waals surface area contributed by atoms with E-state index in [0.29, 0.717) is 17.0 Å². The topological polar surface area (TPSA) is 81.4 Å². The number of nitrogen functional groups attached to an aromatic ring is 1. The van der Waals surface area contributed by atoms with E-state index in [1.807, 2.05) is 0 Å². The van der Waals surface area contributed by atoms with Crippen LogP contribution in [0.5, 0.6) is 5.75 Å². The van der Waals surface area contributed by atoms with E-state index in [-0.39, 0.29) is 5.69 Å². The van der Waals surface area contributed by atoms with E-state index in [2.05, 4.69) is 4.72 Å². The molecule has 0 fully saturated rings. The van der Waals surface area contributed by atoms with Crippen LogP contribution in [0.25, 0.3) is 0 Å². The Labute approximate surface area is 122 Å². The second-order valence-corrected chi connectivity index (χ2v) is 6.13. The van der Waals surface area contributed by atoms with Gasteiger partial charge in [0.15, 0.2) is 0 Å². The molecule has 0 saturated carbocycles. The molecule has 2 aromatic rings. The zero-order chi connectivity index (χ0) is 15.6. The number of benzene rings is 2. The van der Waals surface area contributed by atoms with Crippen molar-refractivity contribution in [2.45, 2.75) is 11.8 Å². The SMILES string of the molecule is COc1ccc(NS(=O)(=O)c2ccc(N)cc2F)c(C)c1. The largest absolute Gasteiger partial charge is 0.497 e. The summed E-state index contributed by atoms with van der Waals surface area (Å²) in [4.78, 5) is -0.452. The Morgan fingerprint density at radius 2 is 1.90 bits per heavy atom. The van der Waals surface area contributed by atoms with Crippen LogP contribution >= 0.6 is 0 Å². The third-order valence-corrected chi connectivity index (χ3v) is 4.32. The van der Waals surface area contributed by atoms with E-state index in [1.165, 1.54) is 13.2 Å². The number of methoxy groups -OCH3 is 1. The molecule has 21 heavy (non-hydrogen) atoms. The third-order valence-electron chi connectivity index (χ3n) is 2.92. The first-order valence-corrected chi connectivity index (χ1v) is 7.54. The van der Waals surface area contributed by atoms with Crippen molar-refractivity contribution in [2.24, 2.45) is 0 Å². The molecule has 0 spiro atoms. The Hall–Kier alpha value is -2.28. The van der Waals surface area contributed by atoms with Crippen LogP contribution in [0.2, 0.25) is 0 Å². The van der Waals surface area contributed by atoms with E-state index >= 15 is 0 Å². The summed E-state index contributed by atoms with van der Waals surface area (Å²) in [5.74, 6) is -0.289. The fraction of sp³-hybridized carbons (Fsp3) is 0.143. The van der Waals surface area contributed by atoms with E-state index < -0.39 is 20.7 Å². The summed E-state index contributed by atoms with van der Waals surface area (Å²) in [5.41, 5.74) is 6.58. The minimum absolute atomic E-state index is 0.159. The summed E-state index contributed by atoms with van der Waals surface area (Å²) in [7, 11) is -2.51. The first-order valence-electron chi connectivity index (χ1n) is 6.06. The third kappa shape index (κ3) is 3.25. The quantitative estimate of drug-likeness (QED) is 0.850. The molecule has 3 N–H and O–H groups in total. The summed E-state index contributed by atoms with van der Waals surface area (Å²) in [6.45, 7) is 1.72. The average Bonchev–Trinajstić information content (AvgIpc) is 2.40. The van der Waals surface area contributed by atoms with Gasteiger partial charge in [0, 0.05) is 5.69 Å². The lowest BCUT2D eigenvalue weighted by atomic mass is 10.2. The molecule has 7 heteroatoms. The maximum Gasteiger partial charge on any atom is 0.264 e. The molecule has 0 aliphatic carbocycles. The fourth-order valence-corrected chi connectivity index (χ4v) is 3.00. The highest BCUT2D eigenvalue weighted by molar-refractivity contribution is 7.92. The van der Waals surface area contributed by atoms with Gasteiger partial charge in [-0.3, -0.25) is 4.72 Å². The second kappa shape index (κ2) is 5.61. The lowest BCUT2D eigenvalue weighted by molar-refractivity contribution is 0.414. The number of nitrogens with two attached hydrogens (primary N) is 1. The number of aryl methyl sites for hydroxylation is 1. The minimum Gasteiger partial charge on any atom is -0.497 e. The van der Waals surface area contributed by atoms with Gasteiger partial charge in [-0.1, -0.05) is 0 Å². The van der Waals surface area contributed by atoms with E-state index in [4.69, 9.17) is 10.5 Å². The summed E-state index contributed by atoms with van der Waals surface area (Å²) in [6.07, 6.45) is 0. The van der Waals surface area contributed by atoms with Crippen LogP contribution in [0.15, 0.2) is 41.3 Å². The van der Waals surface area contributed by atoms with Crippen molar-refractivity contribution in [2.75, 3.05) is 17.6 Å². The van der Waals surface area contributed by atoms with Gasteiger partial charge in [-0.2, -0.15) is 0 Å². The Morgan fingerprint density at radius 1 is 1.19 bits per heavy atom. The average molecular weight is 310 g/mol. The lowest BCUT2D eigenvalue weighted by Crippen LogP contribution is -2.15. The van der Waals surface area contributed by atoms with Crippen LogP contribution in [0, 0.1) is 12.7 Å². The Balaban J connectivity index is 2.37. The zero-order valence-corrected chi connectivity index (χ0v) is 12.4. The maximum atomic E-state index is 13.7. The molecule has 112 valence electrons. The van der Waals surface area contributed by atoms with Gasteiger partial charge in [0.25, 0.3) is 10.0 Å². The van der Waals surface area contributed by atoms with Gasteiger partial charge in [0.05, 0.1) is 12.8 Å². The highest BCUT2D eigenvalue weighted by atomic mass is 32.2.